The van der Waals surface area contributed by atoms with E-state index in [9.17, 15) is 0 Å². The third kappa shape index (κ3) is 2.86. The lowest BCUT2D eigenvalue weighted by Crippen LogP contribution is -2.38. The summed E-state index contributed by atoms with van der Waals surface area (Å²) in [6, 6.07) is 9.18. The van der Waals surface area contributed by atoms with E-state index in [1.807, 2.05) is 0 Å². The molecule has 1 aliphatic rings. The predicted octanol–water partition coefficient (Wildman–Crippen LogP) is 2.03. The first-order valence-electron chi connectivity index (χ1n) is 6.55. The van der Waals surface area contributed by atoms with Crippen LogP contribution in [0.1, 0.15) is 43.2 Å². The molecule has 1 aromatic rings. The summed E-state index contributed by atoms with van der Waals surface area (Å²) in [4.78, 5) is 0. The van der Waals surface area contributed by atoms with Gasteiger partial charge in [-0.3, -0.25) is 5.43 Å². The van der Waals surface area contributed by atoms with Gasteiger partial charge in [0, 0.05) is 12.0 Å². The van der Waals surface area contributed by atoms with Gasteiger partial charge >= 0.3 is 0 Å². The Hall–Kier alpha value is -0.900. The number of aryl methyl sites for hydroxylation is 1. The predicted molar refractivity (Wildman–Crippen MR) is 71.5 cm³/mol. The van der Waals surface area contributed by atoms with Gasteiger partial charge in [-0.2, -0.15) is 0 Å². The Morgan fingerprint density at radius 3 is 2.53 bits per heavy atom. The average Bonchev–Trinajstić information content (AvgIpc) is 2.69. The van der Waals surface area contributed by atoms with E-state index in [1.165, 1.54) is 30.4 Å². The minimum Gasteiger partial charge on any atom is -0.314 e. The Morgan fingerprint density at radius 1 is 1.18 bits per heavy atom. The first-order valence-corrected chi connectivity index (χ1v) is 6.55. The first kappa shape index (κ1) is 12.6. The largest absolute Gasteiger partial charge is 0.314 e. The molecular weight excluding hydrogens is 210 g/mol. The van der Waals surface area contributed by atoms with Crippen molar-refractivity contribution in [3.63, 3.8) is 0 Å². The van der Waals surface area contributed by atoms with Gasteiger partial charge in [-0.15, -0.1) is 0 Å². The van der Waals surface area contributed by atoms with Gasteiger partial charge < -0.3 is 5.73 Å². The fourth-order valence-corrected chi connectivity index (χ4v) is 2.54. The quantitative estimate of drug-likeness (QED) is 0.746. The molecule has 3 nitrogen and oxygen atoms in total. The van der Waals surface area contributed by atoms with Crippen molar-refractivity contribution in [2.75, 3.05) is 0 Å². The fourth-order valence-electron chi connectivity index (χ4n) is 2.54. The van der Waals surface area contributed by atoms with Crippen molar-refractivity contribution in [2.45, 2.75) is 51.2 Å². The minimum absolute atomic E-state index is 0.0135. The SMILES string of the molecule is CCCCC1NNC(N)C1c1ccc(C)cc1. The van der Waals surface area contributed by atoms with Crippen LogP contribution in [0.5, 0.6) is 0 Å². The third-order valence-electron chi connectivity index (χ3n) is 3.59. The highest BCUT2D eigenvalue weighted by atomic mass is 15.5. The van der Waals surface area contributed by atoms with E-state index in [1.54, 1.807) is 0 Å². The Labute approximate surface area is 104 Å². The van der Waals surface area contributed by atoms with Gasteiger partial charge in [0.15, 0.2) is 0 Å². The van der Waals surface area contributed by atoms with E-state index >= 15 is 0 Å². The molecule has 3 heteroatoms. The zero-order valence-corrected chi connectivity index (χ0v) is 10.7. The second-order valence-corrected chi connectivity index (χ2v) is 5.00. The maximum Gasteiger partial charge on any atom is 0.0764 e. The summed E-state index contributed by atoms with van der Waals surface area (Å²) in [6.45, 7) is 4.34. The second-order valence-electron chi connectivity index (χ2n) is 5.00. The number of rotatable bonds is 4. The van der Waals surface area contributed by atoms with E-state index < -0.39 is 0 Å². The molecule has 17 heavy (non-hydrogen) atoms. The molecule has 0 saturated carbocycles. The van der Waals surface area contributed by atoms with Crippen LogP contribution in [0.25, 0.3) is 0 Å². The van der Waals surface area contributed by atoms with E-state index in [4.69, 9.17) is 5.73 Å². The van der Waals surface area contributed by atoms with Gasteiger partial charge in [0.25, 0.3) is 0 Å². The Morgan fingerprint density at radius 2 is 1.88 bits per heavy atom. The molecule has 94 valence electrons. The number of unbranched alkanes of at least 4 members (excludes halogenated alkanes) is 1. The number of benzene rings is 1. The number of nitrogens with two attached hydrogens (primary N) is 1. The lowest BCUT2D eigenvalue weighted by atomic mass is 9.88. The lowest BCUT2D eigenvalue weighted by molar-refractivity contribution is 0.472. The molecule has 0 aromatic heterocycles. The molecule has 1 heterocycles. The normalized spacial score (nSPS) is 28.5. The molecule has 4 N–H and O–H groups in total. The van der Waals surface area contributed by atoms with E-state index in [0.717, 1.165) is 0 Å². The van der Waals surface area contributed by atoms with Crippen molar-refractivity contribution in [3.8, 4) is 0 Å². The fraction of sp³-hybridized carbons (Fsp3) is 0.571. The van der Waals surface area contributed by atoms with Gasteiger partial charge in [-0.1, -0.05) is 49.6 Å². The van der Waals surface area contributed by atoms with Crippen LogP contribution < -0.4 is 16.6 Å². The van der Waals surface area contributed by atoms with Crippen LogP contribution in [-0.2, 0) is 0 Å². The zero-order valence-electron chi connectivity index (χ0n) is 10.7. The van der Waals surface area contributed by atoms with Crippen molar-refractivity contribution >= 4 is 0 Å². The first-order chi connectivity index (χ1) is 8.22. The molecule has 1 fully saturated rings. The summed E-state index contributed by atoms with van der Waals surface area (Å²) in [5.41, 5.74) is 15.3. The summed E-state index contributed by atoms with van der Waals surface area (Å²) in [6.07, 6.45) is 3.66. The molecule has 1 aliphatic heterocycles. The molecule has 3 unspecified atom stereocenters. The molecular formula is C14H23N3. The van der Waals surface area contributed by atoms with Gasteiger partial charge in [0.1, 0.15) is 0 Å². The molecule has 0 radical (unpaired) electrons. The van der Waals surface area contributed by atoms with Crippen LogP contribution in [0.4, 0.5) is 0 Å². The summed E-state index contributed by atoms with van der Waals surface area (Å²) in [5, 5.41) is 0. The van der Waals surface area contributed by atoms with Crippen LogP contribution >= 0.6 is 0 Å². The second kappa shape index (κ2) is 5.63. The summed E-state index contributed by atoms with van der Waals surface area (Å²) < 4.78 is 0. The summed E-state index contributed by atoms with van der Waals surface area (Å²) in [7, 11) is 0. The number of hydrogen-bond acceptors (Lipinski definition) is 3. The lowest BCUT2D eigenvalue weighted by Gasteiger charge is -2.21. The number of hydrogen-bond donors (Lipinski definition) is 3. The highest BCUT2D eigenvalue weighted by Crippen LogP contribution is 2.28. The van der Waals surface area contributed by atoms with Gasteiger partial charge in [0.2, 0.25) is 0 Å². The van der Waals surface area contributed by atoms with Gasteiger partial charge in [0.05, 0.1) is 6.17 Å². The Balaban J connectivity index is 2.12. The Kier molecular flexibility index (Phi) is 4.15. The van der Waals surface area contributed by atoms with Crippen LogP contribution in [0.3, 0.4) is 0 Å². The van der Waals surface area contributed by atoms with Gasteiger partial charge in [-0.25, -0.2) is 5.43 Å². The molecule has 0 bridgehead atoms. The van der Waals surface area contributed by atoms with Crippen LogP contribution in [0, 0.1) is 6.92 Å². The highest BCUT2D eigenvalue weighted by molar-refractivity contribution is 5.27. The van der Waals surface area contributed by atoms with E-state index in [-0.39, 0.29) is 6.17 Å². The van der Waals surface area contributed by atoms with Crippen LogP contribution in [0.15, 0.2) is 24.3 Å². The molecule has 3 atom stereocenters. The summed E-state index contributed by atoms with van der Waals surface area (Å²) >= 11 is 0. The zero-order chi connectivity index (χ0) is 12.3. The average molecular weight is 233 g/mol. The van der Waals surface area contributed by atoms with E-state index in [0.29, 0.717) is 12.0 Å². The van der Waals surface area contributed by atoms with Crippen molar-refractivity contribution in [2.24, 2.45) is 5.73 Å². The van der Waals surface area contributed by atoms with Crippen molar-refractivity contribution in [1.82, 2.24) is 10.9 Å². The maximum atomic E-state index is 6.14. The van der Waals surface area contributed by atoms with E-state index in [2.05, 4.69) is 49.0 Å². The van der Waals surface area contributed by atoms with Crippen LogP contribution in [0.2, 0.25) is 0 Å². The molecule has 1 saturated heterocycles. The third-order valence-corrected chi connectivity index (χ3v) is 3.59. The standard InChI is InChI=1S/C14H23N3/c1-3-4-5-12-13(14(15)17-16-12)11-8-6-10(2)7-9-11/h6-9,12-14,16-17H,3-5,15H2,1-2H3. The number of nitrogens with one attached hydrogen (secondary N) is 2. The summed E-state index contributed by atoms with van der Waals surface area (Å²) in [5.74, 6) is 0.377. The smallest absolute Gasteiger partial charge is 0.0764 e. The molecule has 1 aromatic carbocycles. The van der Waals surface area contributed by atoms with Crippen molar-refractivity contribution in [3.05, 3.63) is 35.4 Å². The topological polar surface area (TPSA) is 50.1 Å². The van der Waals surface area contributed by atoms with Crippen molar-refractivity contribution < 1.29 is 0 Å². The van der Waals surface area contributed by atoms with Crippen molar-refractivity contribution in [1.29, 1.82) is 0 Å². The molecule has 0 amide bonds. The monoisotopic (exact) mass is 233 g/mol. The Bertz CT molecular complexity index is 347. The number of hydrazine groups is 1. The molecule has 0 aliphatic carbocycles. The molecule has 2 rings (SSSR count). The maximum absolute atomic E-state index is 6.14. The van der Waals surface area contributed by atoms with Crippen LogP contribution in [-0.4, -0.2) is 12.2 Å². The molecule has 0 spiro atoms. The van der Waals surface area contributed by atoms with Gasteiger partial charge in [-0.05, 0) is 18.9 Å². The highest BCUT2D eigenvalue weighted by Gasteiger charge is 2.33. The minimum atomic E-state index is 0.0135.